The third kappa shape index (κ3) is 2.82. The number of methoxy groups -OCH3 is 1. The lowest BCUT2D eigenvalue weighted by atomic mass is 10.2. The molecule has 5 nitrogen and oxygen atoms in total. The molecule has 0 saturated heterocycles. The van der Waals surface area contributed by atoms with Gasteiger partial charge in [-0.15, -0.1) is 0 Å². The van der Waals surface area contributed by atoms with Crippen molar-refractivity contribution in [1.82, 2.24) is 4.98 Å². The Morgan fingerprint density at radius 2 is 2.16 bits per heavy atom. The van der Waals surface area contributed by atoms with E-state index in [1.54, 1.807) is 30.5 Å². The summed E-state index contributed by atoms with van der Waals surface area (Å²) in [5, 5.41) is 2.74. The van der Waals surface area contributed by atoms with Crippen molar-refractivity contribution in [3.8, 4) is 5.88 Å². The fourth-order valence-electron chi connectivity index (χ4n) is 1.71. The lowest BCUT2D eigenvalue weighted by Gasteiger charge is -2.10. The van der Waals surface area contributed by atoms with E-state index in [0.717, 1.165) is 5.56 Å². The molecule has 0 saturated carbocycles. The van der Waals surface area contributed by atoms with Gasteiger partial charge in [-0.2, -0.15) is 0 Å². The van der Waals surface area contributed by atoms with Gasteiger partial charge < -0.3 is 15.8 Å². The van der Waals surface area contributed by atoms with Gasteiger partial charge in [-0.3, -0.25) is 4.79 Å². The number of hydrogen-bond donors (Lipinski definition) is 2. The van der Waals surface area contributed by atoms with Gasteiger partial charge in [0.25, 0.3) is 5.91 Å². The molecular formula is C14H15N3O2. The van der Waals surface area contributed by atoms with Crippen molar-refractivity contribution in [2.24, 2.45) is 0 Å². The standard InChI is InChI=1S/C14H15N3O2/c1-9-5-6-12(11(15)8-9)17-13(18)10-4-3-7-16-14(10)19-2/h3-8H,15H2,1-2H3,(H,17,18). The number of carbonyl (C=O) groups excluding carboxylic acids is 1. The van der Waals surface area contributed by atoms with Crippen LogP contribution in [0.1, 0.15) is 15.9 Å². The van der Waals surface area contributed by atoms with Crippen LogP contribution in [0.3, 0.4) is 0 Å². The van der Waals surface area contributed by atoms with Gasteiger partial charge in [-0.05, 0) is 36.8 Å². The number of nitrogens with zero attached hydrogens (tertiary/aromatic N) is 1. The summed E-state index contributed by atoms with van der Waals surface area (Å²) >= 11 is 0. The highest BCUT2D eigenvalue weighted by Crippen LogP contribution is 2.22. The summed E-state index contributed by atoms with van der Waals surface area (Å²) < 4.78 is 5.05. The molecule has 0 radical (unpaired) electrons. The molecule has 0 spiro atoms. The zero-order chi connectivity index (χ0) is 13.8. The molecule has 1 aromatic carbocycles. The van der Waals surface area contributed by atoms with E-state index >= 15 is 0 Å². The highest BCUT2D eigenvalue weighted by atomic mass is 16.5. The highest BCUT2D eigenvalue weighted by Gasteiger charge is 2.13. The Balaban J connectivity index is 2.26. The number of ether oxygens (including phenoxy) is 1. The van der Waals surface area contributed by atoms with E-state index in [1.165, 1.54) is 7.11 Å². The minimum absolute atomic E-state index is 0.283. The number of carbonyl (C=O) groups is 1. The Bertz CT molecular complexity index is 611. The molecule has 0 aliphatic rings. The van der Waals surface area contributed by atoms with E-state index in [-0.39, 0.29) is 11.8 Å². The van der Waals surface area contributed by atoms with Gasteiger partial charge in [0.2, 0.25) is 5.88 Å². The summed E-state index contributed by atoms with van der Waals surface area (Å²) in [6.45, 7) is 1.94. The number of aromatic nitrogens is 1. The third-order valence-electron chi connectivity index (χ3n) is 2.66. The maximum atomic E-state index is 12.1. The first kappa shape index (κ1) is 12.9. The third-order valence-corrected chi connectivity index (χ3v) is 2.66. The molecule has 0 aliphatic heterocycles. The van der Waals surface area contributed by atoms with Crippen LogP contribution in [0.5, 0.6) is 5.88 Å². The molecule has 98 valence electrons. The van der Waals surface area contributed by atoms with Crippen LogP contribution in [0, 0.1) is 6.92 Å². The number of amides is 1. The van der Waals surface area contributed by atoms with Crippen molar-refractivity contribution in [3.05, 3.63) is 47.7 Å². The molecule has 0 aliphatic carbocycles. The minimum atomic E-state index is -0.305. The molecule has 1 heterocycles. The van der Waals surface area contributed by atoms with Crippen molar-refractivity contribution >= 4 is 17.3 Å². The van der Waals surface area contributed by atoms with Gasteiger partial charge in [0.05, 0.1) is 18.5 Å². The SMILES string of the molecule is COc1ncccc1C(=O)Nc1ccc(C)cc1N. The zero-order valence-corrected chi connectivity index (χ0v) is 10.8. The molecule has 5 heteroatoms. The number of benzene rings is 1. The topological polar surface area (TPSA) is 77.2 Å². The van der Waals surface area contributed by atoms with Gasteiger partial charge in [0, 0.05) is 6.20 Å². The predicted molar refractivity (Wildman–Crippen MR) is 74.3 cm³/mol. The van der Waals surface area contributed by atoms with E-state index in [2.05, 4.69) is 10.3 Å². The van der Waals surface area contributed by atoms with E-state index in [4.69, 9.17) is 10.5 Å². The van der Waals surface area contributed by atoms with Crippen LogP contribution in [0.2, 0.25) is 0 Å². The second-order valence-corrected chi connectivity index (χ2v) is 4.11. The highest BCUT2D eigenvalue weighted by molar-refractivity contribution is 6.07. The molecule has 0 bridgehead atoms. The fraction of sp³-hybridized carbons (Fsp3) is 0.143. The fourth-order valence-corrected chi connectivity index (χ4v) is 1.71. The maximum Gasteiger partial charge on any atom is 0.261 e. The van der Waals surface area contributed by atoms with Crippen LogP contribution in [-0.4, -0.2) is 18.0 Å². The van der Waals surface area contributed by atoms with Gasteiger partial charge >= 0.3 is 0 Å². The molecule has 2 aromatic rings. The summed E-state index contributed by atoms with van der Waals surface area (Å²) in [5.41, 5.74) is 8.35. The number of nitrogens with one attached hydrogen (secondary N) is 1. The summed E-state index contributed by atoms with van der Waals surface area (Å²) in [5.74, 6) is -0.0220. The second-order valence-electron chi connectivity index (χ2n) is 4.11. The zero-order valence-electron chi connectivity index (χ0n) is 10.8. The molecule has 1 aromatic heterocycles. The van der Waals surface area contributed by atoms with Crippen LogP contribution in [0.15, 0.2) is 36.5 Å². The van der Waals surface area contributed by atoms with Gasteiger partial charge in [-0.25, -0.2) is 4.98 Å². The predicted octanol–water partition coefficient (Wildman–Crippen LogP) is 2.23. The van der Waals surface area contributed by atoms with Crippen LogP contribution < -0.4 is 15.8 Å². The largest absolute Gasteiger partial charge is 0.480 e. The first-order valence-corrected chi connectivity index (χ1v) is 5.78. The molecule has 19 heavy (non-hydrogen) atoms. The lowest BCUT2D eigenvalue weighted by molar-refractivity contribution is 0.102. The molecule has 0 unspecified atom stereocenters. The van der Waals surface area contributed by atoms with Gasteiger partial charge in [0.15, 0.2) is 0 Å². The number of aryl methyl sites for hydroxylation is 1. The number of nitrogens with two attached hydrogens (primary N) is 1. The monoisotopic (exact) mass is 257 g/mol. The first-order valence-electron chi connectivity index (χ1n) is 5.78. The van der Waals surface area contributed by atoms with Crippen molar-refractivity contribution in [3.63, 3.8) is 0 Å². The summed E-state index contributed by atoms with van der Waals surface area (Å²) in [6.07, 6.45) is 1.57. The summed E-state index contributed by atoms with van der Waals surface area (Å²) in [6, 6.07) is 8.77. The lowest BCUT2D eigenvalue weighted by Crippen LogP contribution is -2.14. The number of anilines is 2. The summed E-state index contributed by atoms with van der Waals surface area (Å²) in [4.78, 5) is 16.1. The molecule has 2 rings (SSSR count). The number of pyridine rings is 1. The number of rotatable bonds is 3. The Labute approximate surface area is 111 Å². The Kier molecular flexibility index (Phi) is 3.66. The van der Waals surface area contributed by atoms with E-state index in [9.17, 15) is 4.79 Å². The first-order chi connectivity index (χ1) is 9.11. The van der Waals surface area contributed by atoms with Crippen molar-refractivity contribution in [2.45, 2.75) is 6.92 Å². The Morgan fingerprint density at radius 3 is 2.84 bits per heavy atom. The smallest absolute Gasteiger partial charge is 0.261 e. The van der Waals surface area contributed by atoms with Gasteiger partial charge in [0.1, 0.15) is 5.56 Å². The maximum absolute atomic E-state index is 12.1. The Hall–Kier alpha value is -2.56. The van der Waals surface area contributed by atoms with Crippen LogP contribution in [0.4, 0.5) is 11.4 Å². The van der Waals surface area contributed by atoms with Crippen LogP contribution >= 0.6 is 0 Å². The molecule has 3 N–H and O–H groups in total. The quantitative estimate of drug-likeness (QED) is 0.827. The average molecular weight is 257 g/mol. The number of hydrogen-bond acceptors (Lipinski definition) is 4. The van der Waals surface area contributed by atoms with Crippen molar-refractivity contribution < 1.29 is 9.53 Å². The average Bonchev–Trinajstić information content (AvgIpc) is 2.41. The molecule has 1 amide bonds. The van der Waals surface area contributed by atoms with Gasteiger partial charge in [-0.1, -0.05) is 6.07 Å². The van der Waals surface area contributed by atoms with Crippen molar-refractivity contribution in [1.29, 1.82) is 0 Å². The van der Waals surface area contributed by atoms with Crippen molar-refractivity contribution in [2.75, 3.05) is 18.2 Å². The molecule has 0 fully saturated rings. The summed E-state index contributed by atoms with van der Waals surface area (Å²) in [7, 11) is 1.47. The normalized spacial score (nSPS) is 10.0. The van der Waals surface area contributed by atoms with E-state index in [1.807, 2.05) is 13.0 Å². The van der Waals surface area contributed by atoms with E-state index in [0.29, 0.717) is 16.9 Å². The van der Waals surface area contributed by atoms with Crippen LogP contribution in [0.25, 0.3) is 0 Å². The Morgan fingerprint density at radius 1 is 1.37 bits per heavy atom. The second kappa shape index (κ2) is 5.39. The minimum Gasteiger partial charge on any atom is -0.480 e. The van der Waals surface area contributed by atoms with Crippen LogP contribution in [-0.2, 0) is 0 Å². The molecule has 0 atom stereocenters. The number of nitrogen functional groups attached to an aromatic ring is 1. The van der Waals surface area contributed by atoms with E-state index < -0.39 is 0 Å². The molecular weight excluding hydrogens is 242 g/mol.